The number of methoxy groups -OCH3 is 1. The minimum Gasteiger partial charge on any atom is -0.496 e. The summed E-state index contributed by atoms with van der Waals surface area (Å²) >= 11 is 0. The molecule has 0 heterocycles. The molecule has 0 aliphatic rings. The van der Waals surface area contributed by atoms with Crippen molar-refractivity contribution in [3.05, 3.63) is 95.6 Å². The van der Waals surface area contributed by atoms with Crippen molar-refractivity contribution in [3.8, 4) is 5.75 Å². The van der Waals surface area contributed by atoms with Gasteiger partial charge in [0.25, 0.3) is 11.8 Å². The van der Waals surface area contributed by atoms with E-state index in [0.29, 0.717) is 23.4 Å². The summed E-state index contributed by atoms with van der Waals surface area (Å²) in [5.74, 6) is -1.26. The number of benzene rings is 3. The van der Waals surface area contributed by atoms with Gasteiger partial charge in [-0.05, 0) is 35.7 Å². The summed E-state index contributed by atoms with van der Waals surface area (Å²) in [6.07, 6.45) is 0.659. The number of para-hydroxylation sites is 2. The van der Waals surface area contributed by atoms with Gasteiger partial charge in [0.2, 0.25) is 0 Å². The molecule has 7 heteroatoms. The lowest BCUT2D eigenvalue weighted by molar-refractivity contribution is -0.146. The number of amides is 2. The van der Waals surface area contributed by atoms with Gasteiger partial charge in [-0.15, -0.1) is 0 Å². The molecular formula is C25H24N2O5. The predicted octanol–water partition coefficient (Wildman–Crippen LogP) is 3.20. The third kappa shape index (κ3) is 6.43. The zero-order valence-corrected chi connectivity index (χ0v) is 17.7. The van der Waals surface area contributed by atoms with E-state index in [1.807, 2.05) is 48.5 Å². The van der Waals surface area contributed by atoms with Crippen LogP contribution in [0.1, 0.15) is 21.5 Å². The fraction of sp³-hybridized carbons (Fsp3) is 0.160. The predicted molar refractivity (Wildman–Crippen MR) is 121 cm³/mol. The van der Waals surface area contributed by atoms with Crippen molar-refractivity contribution in [1.82, 2.24) is 5.32 Å². The molecule has 7 nitrogen and oxygen atoms in total. The largest absolute Gasteiger partial charge is 0.496 e. The SMILES string of the molecule is COc1ccccc1C(=O)NCC(=O)OCC(=O)Nc1ccccc1Cc1ccccc1. The zero-order valence-electron chi connectivity index (χ0n) is 17.7. The van der Waals surface area contributed by atoms with Crippen LogP contribution in [0.5, 0.6) is 5.75 Å². The van der Waals surface area contributed by atoms with Gasteiger partial charge in [-0.2, -0.15) is 0 Å². The van der Waals surface area contributed by atoms with E-state index in [1.165, 1.54) is 7.11 Å². The quantitative estimate of drug-likeness (QED) is 0.507. The maximum atomic E-state index is 12.3. The van der Waals surface area contributed by atoms with Gasteiger partial charge >= 0.3 is 5.97 Å². The molecule has 0 bridgehead atoms. The summed E-state index contributed by atoms with van der Waals surface area (Å²) in [4.78, 5) is 36.4. The minimum atomic E-state index is -0.721. The number of anilines is 1. The Morgan fingerprint density at radius 2 is 1.53 bits per heavy atom. The van der Waals surface area contributed by atoms with Crippen LogP contribution < -0.4 is 15.4 Å². The highest BCUT2D eigenvalue weighted by molar-refractivity contribution is 5.98. The Labute approximate surface area is 186 Å². The van der Waals surface area contributed by atoms with Crippen LogP contribution in [0.4, 0.5) is 5.69 Å². The molecule has 0 aromatic heterocycles. The summed E-state index contributed by atoms with van der Waals surface area (Å²) in [5, 5.41) is 5.23. The van der Waals surface area contributed by atoms with Gasteiger partial charge in [-0.25, -0.2) is 0 Å². The molecule has 2 N–H and O–H groups in total. The summed E-state index contributed by atoms with van der Waals surface area (Å²) in [6.45, 7) is -0.822. The van der Waals surface area contributed by atoms with Crippen LogP contribution in [0, 0.1) is 0 Å². The smallest absolute Gasteiger partial charge is 0.325 e. The number of ether oxygens (including phenoxy) is 2. The van der Waals surface area contributed by atoms with Crippen LogP contribution in [0.15, 0.2) is 78.9 Å². The topological polar surface area (TPSA) is 93.7 Å². The van der Waals surface area contributed by atoms with Gasteiger partial charge < -0.3 is 20.1 Å². The number of hydrogen-bond donors (Lipinski definition) is 2. The van der Waals surface area contributed by atoms with E-state index in [9.17, 15) is 14.4 Å². The van der Waals surface area contributed by atoms with Crippen molar-refractivity contribution in [1.29, 1.82) is 0 Å². The normalized spacial score (nSPS) is 10.2. The van der Waals surface area contributed by atoms with Crippen LogP contribution in [0.2, 0.25) is 0 Å². The number of nitrogens with one attached hydrogen (secondary N) is 2. The second-order valence-electron chi connectivity index (χ2n) is 6.91. The van der Waals surface area contributed by atoms with Crippen molar-refractivity contribution < 1.29 is 23.9 Å². The van der Waals surface area contributed by atoms with Crippen LogP contribution in [-0.4, -0.2) is 38.0 Å². The first-order chi connectivity index (χ1) is 15.6. The van der Waals surface area contributed by atoms with E-state index >= 15 is 0 Å². The van der Waals surface area contributed by atoms with Crippen molar-refractivity contribution in [2.24, 2.45) is 0 Å². The molecule has 0 unspecified atom stereocenters. The Kier molecular flexibility index (Phi) is 7.97. The van der Waals surface area contributed by atoms with Gasteiger partial charge in [-0.3, -0.25) is 14.4 Å². The first kappa shape index (κ1) is 22.6. The molecule has 3 aromatic carbocycles. The highest BCUT2D eigenvalue weighted by Gasteiger charge is 2.14. The molecule has 0 atom stereocenters. The maximum absolute atomic E-state index is 12.3. The molecule has 0 aliphatic heterocycles. The lowest BCUT2D eigenvalue weighted by Crippen LogP contribution is -2.32. The van der Waals surface area contributed by atoms with Crippen LogP contribution in [-0.2, 0) is 20.7 Å². The van der Waals surface area contributed by atoms with Crippen molar-refractivity contribution in [3.63, 3.8) is 0 Å². The van der Waals surface area contributed by atoms with Gasteiger partial charge in [0.1, 0.15) is 12.3 Å². The van der Waals surface area contributed by atoms with Gasteiger partial charge in [0.15, 0.2) is 6.61 Å². The molecule has 2 amide bonds. The molecule has 0 spiro atoms. The summed E-state index contributed by atoms with van der Waals surface area (Å²) in [7, 11) is 1.46. The molecular weight excluding hydrogens is 408 g/mol. The Hall–Kier alpha value is -4.13. The zero-order chi connectivity index (χ0) is 22.8. The average molecular weight is 432 g/mol. The number of rotatable bonds is 9. The molecule has 0 saturated carbocycles. The van der Waals surface area contributed by atoms with E-state index in [4.69, 9.17) is 9.47 Å². The number of carbonyl (C=O) groups is 3. The first-order valence-corrected chi connectivity index (χ1v) is 10.1. The lowest BCUT2D eigenvalue weighted by Gasteiger charge is -2.12. The van der Waals surface area contributed by atoms with E-state index in [2.05, 4.69) is 10.6 Å². The number of esters is 1. The van der Waals surface area contributed by atoms with Crippen LogP contribution >= 0.6 is 0 Å². The number of carbonyl (C=O) groups excluding carboxylic acids is 3. The molecule has 0 aliphatic carbocycles. The highest BCUT2D eigenvalue weighted by atomic mass is 16.5. The van der Waals surface area contributed by atoms with E-state index < -0.39 is 24.4 Å². The highest BCUT2D eigenvalue weighted by Crippen LogP contribution is 2.19. The molecule has 164 valence electrons. The summed E-state index contributed by atoms with van der Waals surface area (Å²) < 4.78 is 10.1. The van der Waals surface area contributed by atoms with E-state index in [1.54, 1.807) is 30.3 Å². The second kappa shape index (κ2) is 11.3. The van der Waals surface area contributed by atoms with E-state index in [0.717, 1.165) is 11.1 Å². The summed E-state index contributed by atoms with van der Waals surface area (Å²) in [6, 6.07) is 24.0. The van der Waals surface area contributed by atoms with Gasteiger partial charge in [0, 0.05) is 5.69 Å². The van der Waals surface area contributed by atoms with Crippen molar-refractivity contribution >= 4 is 23.5 Å². The molecule has 0 radical (unpaired) electrons. The lowest BCUT2D eigenvalue weighted by atomic mass is 10.0. The van der Waals surface area contributed by atoms with Crippen LogP contribution in [0.25, 0.3) is 0 Å². The maximum Gasteiger partial charge on any atom is 0.325 e. The van der Waals surface area contributed by atoms with Crippen molar-refractivity contribution in [2.75, 3.05) is 25.6 Å². The van der Waals surface area contributed by atoms with Gasteiger partial charge in [-0.1, -0.05) is 60.7 Å². The molecule has 3 rings (SSSR count). The minimum absolute atomic E-state index is 0.301. The fourth-order valence-electron chi connectivity index (χ4n) is 3.08. The van der Waals surface area contributed by atoms with Crippen LogP contribution in [0.3, 0.4) is 0 Å². The van der Waals surface area contributed by atoms with E-state index in [-0.39, 0.29) is 6.54 Å². The molecule has 0 fully saturated rings. The average Bonchev–Trinajstić information content (AvgIpc) is 2.83. The Morgan fingerprint density at radius 1 is 0.844 bits per heavy atom. The monoisotopic (exact) mass is 432 g/mol. The number of hydrogen-bond acceptors (Lipinski definition) is 5. The third-order valence-corrected chi connectivity index (χ3v) is 4.64. The summed E-state index contributed by atoms with van der Waals surface area (Å²) in [5.41, 5.74) is 3.02. The fourth-order valence-corrected chi connectivity index (χ4v) is 3.08. The second-order valence-corrected chi connectivity index (χ2v) is 6.91. The standard InChI is InChI=1S/C25H24N2O5/c1-31-22-14-8-6-12-20(22)25(30)26-16-24(29)32-17-23(28)27-21-13-7-5-11-19(21)15-18-9-3-2-4-10-18/h2-14H,15-17H2,1H3,(H,26,30)(H,27,28). The van der Waals surface area contributed by atoms with Crippen molar-refractivity contribution in [2.45, 2.75) is 6.42 Å². The Bertz CT molecular complexity index is 1080. The third-order valence-electron chi connectivity index (χ3n) is 4.64. The van der Waals surface area contributed by atoms with Gasteiger partial charge in [0.05, 0.1) is 12.7 Å². The Balaban J connectivity index is 1.48. The molecule has 32 heavy (non-hydrogen) atoms. The molecule has 3 aromatic rings. The first-order valence-electron chi connectivity index (χ1n) is 10.1. The molecule has 0 saturated heterocycles. The Morgan fingerprint density at radius 3 is 2.31 bits per heavy atom.